The Morgan fingerprint density at radius 1 is 0.218 bits per heavy atom. The summed E-state index contributed by atoms with van der Waals surface area (Å²) >= 11 is 0. The molecule has 2 aromatic heterocycles. The molecule has 2 heterocycles. The van der Waals surface area contributed by atoms with Crippen LogP contribution in [0.1, 0.15) is 11.1 Å². The summed E-state index contributed by atoms with van der Waals surface area (Å²) in [4.78, 5) is 0. The number of nitriles is 2. The molecule has 0 saturated heterocycles. The van der Waals surface area contributed by atoms with E-state index in [1.54, 1.807) is 0 Å². The standard InChI is InChI=1S/C74H46N4/c75-47-58-25-13-15-27-63(58)57-29-34-65(64-28-16-14-26-59(64)48-76)66(45-57)60-39-61(77-71-35-30-53(49-17-5-1-6-18-49)41-67(71)68-42-54(31-36-72(68)77)50-19-7-2-8-20-50)46-62(40-60)78-73-37-32-55(51-21-9-3-10-22-51)43-69(73)70-44-56(33-38-74(70)78)52-23-11-4-12-24-52/h1-46H. The van der Waals surface area contributed by atoms with Crippen LogP contribution in [0.2, 0.25) is 0 Å². The van der Waals surface area contributed by atoms with Crippen LogP contribution in [0.4, 0.5) is 0 Å². The van der Waals surface area contributed by atoms with Gasteiger partial charge in [-0.3, -0.25) is 0 Å². The highest BCUT2D eigenvalue weighted by molar-refractivity contribution is 6.13. The number of aromatic nitrogens is 2. The van der Waals surface area contributed by atoms with Crippen LogP contribution in [0.15, 0.2) is 279 Å². The van der Waals surface area contributed by atoms with Gasteiger partial charge in [-0.1, -0.05) is 194 Å². The minimum atomic E-state index is 0.581. The van der Waals surface area contributed by atoms with Gasteiger partial charge in [0.15, 0.2) is 0 Å². The van der Waals surface area contributed by atoms with E-state index in [4.69, 9.17) is 0 Å². The molecule has 0 fully saturated rings. The van der Waals surface area contributed by atoms with Crippen molar-refractivity contribution in [1.82, 2.24) is 9.13 Å². The quantitative estimate of drug-likeness (QED) is 0.145. The Morgan fingerprint density at radius 3 is 0.936 bits per heavy atom. The molecule has 362 valence electrons. The first kappa shape index (κ1) is 45.8. The molecule has 4 heteroatoms. The molecule has 0 amide bonds. The summed E-state index contributed by atoms with van der Waals surface area (Å²) in [5, 5.41) is 25.7. The lowest BCUT2D eigenvalue weighted by Gasteiger charge is -2.19. The largest absolute Gasteiger partial charge is 0.309 e. The Morgan fingerprint density at radius 2 is 0.551 bits per heavy atom. The van der Waals surface area contributed by atoms with Gasteiger partial charge in [0.25, 0.3) is 0 Å². The van der Waals surface area contributed by atoms with E-state index < -0.39 is 0 Å². The van der Waals surface area contributed by atoms with E-state index in [9.17, 15) is 10.5 Å². The molecular formula is C74H46N4. The maximum absolute atomic E-state index is 10.7. The van der Waals surface area contributed by atoms with E-state index in [1.165, 1.54) is 0 Å². The summed E-state index contributed by atoms with van der Waals surface area (Å²) in [7, 11) is 0. The molecule has 0 saturated carbocycles. The third-order valence-electron chi connectivity index (χ3n) is 15.4. The zero-order valence-electron chi connectivity index (χ0n) is 42.3. The Labute approximate surface area is 452 Å². The summed E-state index contributed by atoms with van der Waals surface area (Å²) in [5.74, 6) is 0. The van der Waals surface area contributed by atoms with Gasteiger partial charge >= 0.3 is 0 Å². The first-order chi connectivity index (χ1) is 38.6. The molecule has 0 aliphatic heterocycles. The van der Waals surface area contributed by atoms with E-state index in [0.29, 0.717) is 11.1 Å². The predicted octanol–water partition coefficient (Wildman–Crippen LogP) is 19.3. The molecule has 78 heavy (non-hydrogen) atoms. The lowest BCUT2D eigenvalue weighted by atomic mass is 9.88. The highest BCUT2D eigenvalue weighted by Crippen LogP contribution is 2.44. The van der Waals surface area contributed by atoms with E-state index in [2.05, 4.69) is 252 Å². The highest BCUT2D eigenvalue weighted by atomic mass is 15.0. The van der Waals surface area contributed by atoms with Crippen LogP contribution in [0, 0.1) is 22.7 Å². The molecule has 0 radical (unpaired) electrons. The molecule has 0 aliphatic rings. The van der Waals surface area contributed by atoms with Gasteiger partial charge in [0.2, 0.25) is 0 Å². The fourth-order valence-corrected chi connectivity index (χ4v) is 11.7. The summed E-state index contributed by atoms with van der Waals surface area (Å²) in [6.07, 6.45) is 0. The summed E-state index contributed by atoms with van der Waals surface area (Å²) < 4.78 is 4.85. The average Bonchev–Trinajstić information content (AvgIpc) is 4.26. The zero-order chi connectivity index (χ0) is 52.1. The van der Waals surface area contributed by atoms with Gasteiger partial charge in [-0.05, 0) is 157 Å². The Kier molecular flexibility index (Phi) is 11.3. The lowest BCUT2D eigenvalue weighted by Crippen LogP contribution is -2.01. The van der Waals surface area contributed by atoms with Crippen LogP contribution in [-0.2, 0) is 0 Å². The molecular weight excluding hydrogens is 945 g/mol. The summed E-state index contributed by atoms with van der Waals surface area (Å²) in [6, 6.07) is 104. The number of rotatable bonds is 9. The van der Waals surface area contributed by atoms with E-state index in [1.807, 2.05) is 48.5 Å². The molecule has 0 N–H and O–H groups in total. The Balaban J connectivity index is 1.10. The highest BCUT2D eigenvalue weighted by Gasteiger charge is 2.22. The van der Waals surface area contributed by atoms with Gasteiger partial charge in [-0.2, -0.15) is 10.5 Å². The van der Waals surface area contributed by atoms with E-state index in [-0.39, 0.29) is 0 Å². The third-order valence-corrected chi connectivity index (χ3v) is 15.4. The summed E-state index contributed by atoms with van der Waals surface area (Å²) in [5.41, 5.74) is 22.0. The van der Waals surface area contributed by atoms with E-state index >= 15 is 0 Å². The molecule has 14 aromatic rings. The van der Waals surface area contributed by atoms with Crippen molar-refractivity contribution in [2.75, 3.05) is 0 Å². The Hall–Kier alpha value is -10.8. The maximum atomic E-state index is 10.7. The van der Waals surface area contributed by atoms with Gasteiger partial charge < -0.3 is 9.13 Å². The maximum Gasteiger partial charge on any atom is 0.0998 e. The monoisotopic (exact) mass is 990 g/mol. The number of nitrogens with zero attached hydrogens (tertiary/aromatic N) is 4. The third kappa shape index (κ3) is 7.93. The average molecular weight is 991 g/mol. The van der Waals surface area contributed by atoms with Gasteiger partial charge in [0.1, 0.15) is 0 Å². The molecule has 12 aromatic carbocycles. The van der Waals surface area contributed by atoms with Gasteiger partial charge in [0, 0.05) is 38.5 Å². The molecule has 4 nitrogen and oxygen atoms in total. The van der Waals surface area contributed by atoms with Crippen molar-refractivity contribution in [3.63, 3.8) is 0 Å². The van der Waals surface area contributed by atoms with Crippen molar-refractivity contribution in [1.29, 1.82) is 10.5 Å². The van der Waals surface area contributed by atoms with Crippen LogP contribution in [0.25, 0.3) is 133 Å². The normalized spacial score (nSPS) is 11.3. The first-order valence-electron chi connectivity index (χ1n) is 26.3. The zero-order valence-corrected chi connectivity index (χ0v) is 42.3. The molecule has 0 bridgehead atoms. The second-order valence-electron chi connectivity index (χ2n) is 19.9. The van der Waals surface area contributed by atoms with Gasteiger partial charge in [-0.15, -0.1) is 0 Å². The van der Waals surface area contributed by atoms with E-state index in [0.717, 1.165) is 133 Å². The molecule has 14 rings (SSSR count). The first-order valence-corrected chi connectivity index (χ1v) is 26.3. The van der Waals surface area contributed by atoms with Gasteiger partial charge in [0.05, 0.1) is 45.3 Å². The van der Waals surface area contributed by atoms with Crippen LogP contribution in [0.3, 0.4) is 0 Å². The predicted molar refractivity (Wildman–Crippen MR) is 323 cm³/mol. The van der Waals surface area contributed by atoms with Crippen molar-refractivity contribution >= 4 is 43.6 Å². The number of benzene rings is 12. The smallest absolute Gasteiger partial charge is 0.0998 e. The minimum absolute atomic E-state index is 0.581. The fraction of sp³-hybridized carbons (Fsp3) is 0. The topological polar surface area (TPSA) is 57.4 Å². The van der Waals surface area contributed by atoms with Crippen molar-refractivity contribution in [2.45, 2.75) is 0 Å². The molecule has 0 unspecified atom stereocenters. The SMILES string of the molecule is N#Cc1ccccc1-c1ccc(-c2ccccc2C#N)c(-c2cc(-n3c4ccc(-c5ccccc5)cc4c4cc(-c5ccccc5)ccc43)cc(-n3c4ccc(-c5ccccc5)cc4c4cc(-c5ccccc5)ccc43)c2)c1. The second kappa shape index (κ2) is 19.2. The molecule has 0 spiro atoms. The molecule has 0 atom stereocenters. The lowest BCUT2D eigenvalue weighted by molar-refractivity contribution is 1.13. The van der Waals surface area contributed by atoms with Crippen molar-refractivity contribution in [3.8, 4) is 101 Å². The van der Waals surface area contributed by atoms with Crippen molar-refractivity contribution in [3.05, 3.63) is 290 Å². The minimum Gasteiger partial charge on any atom is -0.309 e. The number of fused-ring (bicyclic) bond motifs is 6. The second-order valence-corrected chi connectivity index (χ2v) is 19.9. The fourth-order valence-electron chi connectivity index (χ4n) is 11.7. The van der Waals surface area contributed by atoms with Crippen molar-refractivity contribution < 1.29 is 0 Å². The number of hydrogen-bond donors (Lipinski definition) is 0. The van der Waals surface area contributed by atoms with Crippen LogP contribution < -0.4 is 0 Å². The van der Waals surface area contributed by atoms with Crippen LogP contribution in [0.5, 0.6) is 0 Å². The van der Waals surface area contributed by atoms with Crippen molar-refractivity contribution in [2.24, 2.45) is 0 Å². The van der Waals surface area contributed by atoms with Gasteiger partial charge in [-0.25, -0.2) is 0 Å². The molecule has 0 aliphatic carbocycles. The van der Waals surface area contributed by atoms with Crippen LogP contribution >= 0.6 is 0 Å². The number of hydrogen-bond acceptors (Lipinski definition) is 2. The summed E-state index contributed by atoms with van der Waals surface area (Å²) in [6.45, 7) is 0. The Bertz CT molecular complexity index is 4310. The van der Waals surface area contributed by atoms with Crippen LogP contribution in [-0.4, -0.2) is 9.13 Å².